The molecular formula is C21H25Cl2NO3. The number of halogens is 2. The number of anilines is 1. The van der Waals surface area contributed by atoms with Crippen molar-refractivity contribution in [2.45, 2.75) is 57.2 Å². The number of amides is 1. The Morgan fingerprint density at radius 2 is 1.85 bits per heavy atom. The molecular weight excluding hydrogens is 385 g/mol. The van der Waals surface area contributed by atoms with Crippen LogP contribution in [0.25, 0.3) is 0 Å². The molecule has 6 heteroatoms. The van der Waals surface area contributed by atoms with E-state index in [1.165, 1.54) is 6.42 Å². The van der Waals surface area contributed by atoms with Crippen LogP contribution >= 0.6 is 23.2 Å². The van der Waals surface area contributed by atoms with E-state index in [4.69, 9.17) is 27.9 Å². The molecule has 4 aliphatic rings. The van der Waals surface area contributed by atoms with E-state index in [-0.39, 0.29) is 23.4 Å². The number of hydrogen-bond acceptors (Lipinski definition) is 3. The van der Waals surface area contributed by atoms with Crippen LogP contribution in [0.5, 0.6) is 0 Å². The molecule has 0 aliphatic heterocycles. The summed E-state index contributed by atoms with van der Waals surface area (Å²) in [5, 5.41) is 3.25. The van der Waals surface area contributed by atoms with Gasteiger partial charge in [0.05, 0.1) is 16.1 Å². The van der Waals surface area contributed by atoms with Crippen LogP contribution in [0, 0.1) is 31.1 Å². The van der Waals surface area contributed by atoms with Crippen LogP contribution in [0.15, 0.2) is 12.1 Å². The third-order valence-electron chi connectivity index (χ3n) is 6.45. The molecule has 4 aliphatic carbocycles. The Balaban J connectivity index is 1.39. The maximum absolute atomic E-state index is 12.9. The summed E-state index contributed by atoms with van der Waals surface area (Å²) < 4.78 is 5.46. The average molecular weight is 410 g/mol. The topological polar surface area (TPSA) is 55.4 Å². The van der Waals surface area contributed by atoms with E-state index < -0.39 is 5.41 Å². The van der Waals surface area contributed by atoms with Crippen LogP contribution in [0.3, 0.4) is 0 Å². The van der Waals surface area contributed by atoms with Gasteiger partial charge in [0.25, 0.3) is 5.91 Å². The summed E-state index contributed by atoms with van der Waals surface area (Å²) in [6.45, 7) is 3.53. The van der Waals surface area contributed by atoms with E-state index in [9.17, 15) is 9.59 Å². The molecule has 4 saturated carbocycles. The Kier molecular flexibility index (Phi) is 4.71. The molecule has 2 unspecified atom stereocenters. The van der Waals surface area contributed by atoms with Gasteiger partial charge in [0.2, 0.25) is 0 Å². The van der Waals surface area contributed by atoms with Gasteiger partial charge in [-0.25, -0.2) is 0 Å². The van der Waals surface area contributed by atoms with Crippen molar-refractivity contribution in [2.75, 3.05) is 11.9 Å². The molecule has 0 aromatic heterocycles. The van der Waals surface area contributed by atoms with Gasteiger partial charge < -0.3 is 10.1 Å². The van der Waals surface area contributed by atoms with Gasteiger partial charge in [0.15, 0.2) is 6.61 Å². The Morgan fingerprint density at radius 3 is 2.44 bits per heavy atom. The highest BCUT2D eigenvalue weighted by Crippen LogP contribution is 2.64. The fourth-order valence-corrected chi connectivity index (χ4v) is 6.98. The Hall–Kier alpha value is -1.26. The first-order chi connectivity index (χ1) is 12.7. The predicted molar refractivity (Wildman–Crippen MR) is 106 cm³/mol. The fraction of sp³-hybridized carbons (Fsp3) is 0.619. The molecule has 1 amide bonds. The van der Waals surface area contributed by atoms with E-state index in [0.717, 1.165) is 36.8 Å². The first kappa shape index (κ1) is 19.1. The molecule has 0 spiro atoms. The number of carbonyl (C=O) groups is 2. The van der Waals surface area contributed by atoms with Crippen LogP contribution in [-0.4, -0.2) is 23.4 Å². The molecule has 5 rings (SSSR count). The highest BCUT2D eigenvalue weighted by atomic mass is 35.5. The average Bonchev–Trinajstić information content (AvgIpc) is 2.53. The first-order valence-corrected chi connectivity index (χ1v) is 10.4. The van der Waals surface area contributed by atoms with Crippen molar-refractivity contribution in [3.8, 4) is 0 Å². The SMILES string of the molecule is Cc1cc(C)c(NC(=O)COC(=O)C23C[C@@H]4C[C@@H](CC(Cl)(C4)C2)C3)c(Cl)c1. The fourth-order valence-electron chi connectivity index (χ4n) is 5.92. The standard InChI is InChI=1S/C21H25Cl2NO3/c1-12-3-13(2)18(16(22)4-12)24-17(25)10-27-19(26)20-6-14-5-15(7-20)9-21(23,8-14)11-20/h3-4,14-15H,5-11H2,1-2H3,(H,24,25)/t14-,15+,20?,21?. The summed E-state index contributed by atoms with van der Waals surface area (Å²) in [6, 6.07) is 3.74. The second-order valence-electron chi connectivity index (χ2n) is 8.96. The number of carbonyl (C=O) groups excluding carboxylic acids is 2. The molecule has 4 fully saturated rings. The van der Waals surface area contributed by atoms with Gasteiger partial charge in [-0.3, -0.25) is 9.59 Å². The van der Waals surface area contributed by atoms with Gasteiger partial charge >= 0.3 is 5.97 Å². The maximum Gasteiger partial charge on any atom is 0.312 e. The molecule has 1 aromatic carbocycles. The van der Waals surface area contributed by atoms with Gasteiger partial charge in [-0.05, 0) is 81.4 Å². The van der Waals surface area contributed by atoms with Crippen LogP contribution in [-0.2, 0) is 14.3 Å². The largest absolute Gasteiger partial charge is 0.455 e. The smallest absolute Gasteiger partial charge is 0.312 e. The van der Waals surface area contributed by atoms with Crippen molar-refractivity contribution in [1.29, 1.82) is 0 Å². The van der Waals surface area contributed by atoms with Gasteiger partial charge in [-0.2, -0.15) is 0 Å². The zero-order chi connectivity index (χ0) is 19.4. The lowest BCUT2D eigenvalue weighted by molar-refractivity contribution is -0.171. The summed E-state index contributed by atoms with van der Waals surface area (Å²) >= 11 is 13.0. The second kappa shape index (κ2) is 6.66. The van der Waals surface area contributed by atoms with Crippen molar-refractivity contribution in [1.82, 2.24) is 0 Å². The zero-order valence-corrected chi connectivity index (χ0v) is 17.3. The van der Waals surface area contributed by atoms with E-state index in [1.54, 1.807) is 6.07 Å². The molecule has 0 saturated heterocycles. The van der Waals surface area contributed by atoms with Crippen molar-refractivity contribution < 1.29 is 14.3 Å². The molecule has 146 valence electrons. The van der Waals surface area contributed by atoms with Crippen molar-refractivity contribution in [2.24, 2.45) is 17.3 Å². The molecule has 1 N–H and O–H groups in total. The molecule has 27 heavy (non-hydrogen) atoms. The lowest BCUT2D eigenvalue weighted by Gasteiger charge is -2.58. The predicted octanol–water partition coefficient (Wildman–Crippen LogP) is 5.02. The molecule has 0 heterocycles. The Morgan fingerprint density at radius 1 is 1.19 bits per heavy atom. The van der Waals surface area contributed by atoms with E-state index >= 15 is 0 Å². The Bertz CT molecular complexity index is 770. The normalized spacial score (nSPS) is 33.8. The highest BCUT2D eigenvalue weighted by molar-refractivity contribution is 6.34. The monoisotopic (exact) mass is 409 g/mol. The van der Waals surface area contributed by atoms with Gasteiger partial charge in [-0.15, -0.1) is 11.6 Å². The minimum atomic E-state index is -0.496. The van der Waals surface area contributed by atoms with Gasteiger partial charge in [0.1, 0.15) is 0 Å². The van der Waals surface area contributed by atoms with Gasteiger partial charge in [-0.1, -0.05) is 17.7 Å². The molecule has 4 atom stereocenters. The highest BCUT2D eigenvalue weighted by Gasteiger charge is 2.60. The number of benzene rings is 1. The minimum absolute atomic E-state index is 0.252. The van der Waals surface area contributed by atoms with Gasteiger partial charge in [0, 0.05) is 4.87 Å². The number of nitrogens with one attached hydrogen (secondary N) is 1. The number of hydrogen-bond donors (Lipinski definition) is 1. The van der Waals surface area contributed by atoms with Crippen molar-refractivity contribution >= 4 is 40.8 Å². The number of ether oxygens (including phenoxy) is 1. The van der Waals surface area contributed by atoms with Crippen molar-refractivity contribution in [3.05, 3.63) is 28.3 Å². The summed E-state index contributed by atoms with van der Waals surface area (Å²) in [5.41, 5.74) is 1.98. The maximum atomic E-state index is 12.9. The summed E-state index contributed by atoms with van der Waals surface area (Å²) in [6.07, 6.45) is 5.56. The number of aryl methyl sites for hydroxylation is 2. The van der Waals surface area contributed by atoms with Crippen LogP contribution < -0.4 is 5.32 Å². The lowest BCUT2D eigenvalue weighted by Crippen LogP contribution is -2.56. The van der Waals surface area contributed by atoms with E-state index in [1.807, 2.05) is 19.9 Å². The first-order valence-electron chi connectivity index (χ1n) is 9.61. The molecule has 4 nitrogen and oxygen atoms in total. The quantitative estimate of drug-likeness (QED) is 0.561. The van der Waals surface area contributed by atoms with Crippen LogP contribution in [0.4, 0.5) is 5.69 Å². The lowest BCUT2D eigenvalue weighted by atomic mass is 9.49. The number of rotatable bonds is 4. The summed E-state index contributed by atoms with van der Waals surface area (Å²) in [7, 11) is 0. The van der Waals surface area contributed by atoms with E-state index in [0.29, 0.717) is 29.0 Å². The number of alkyl halides is 1. The molecule has 4 bridgehead atoms. The van der Waals surface area contributed by atoms with Crippen molar-refractivity contribution in [3.63, 3.8) is 0 Å². The third kappa shape index (κ3) is 3.58. The molecule has 0 radical (unpaired) electrons. The number of esters is 1. The zero-order valence-electron chi connectivity index (χ0n) is 15.7. The van der Waals surface area contributed by atoms with Crippen LogP contribution in [0.1, 0.15) is 49.7 Å². The summed E-state index contributed by atoms with van der Waals surface area (Å²) in [5.74, 6) is 0.393. The van der Waals surface area contributed by atoms with E-state index in [2.05, 4.69) is 5.32 Å². The van der Waals surface area contributed by atoms with Crippen LogP contribution in [0.2, 0.25) is 5.02 Å². The summed E-state index contributed by atoms with van der Waals surface area (Å²) in [4.78, 5) is 25.0. The third-order valence-corrected chi connectivity index (χ3v) is 7.19. The Labute approximate surface area is 169 Å². The minimum Gasteiger partial charge on any atom is -0.455 e. The molecule has 1 aromatic rings. The second-order valence-corrected chi connectivity index (χ2v) is 10.2.